The van der Waals surface area contributed by atoms with Crippen molar-refractivity contribution in [3.8, 4) is 0 Å². The summed E-state index contributed by atoms with van der Waals surface area (Å²) in [6, 6.07) is 0.666. The second kappa shape index (κ2) is 5.70. The standard InChI is InChI=1S/C7H13NS2.Ag/c1-6-4-2-3-5-8(6)7(9)10;/h6H,2-5H2,1H3,(H,9,10);/q;+1/p+2. The first kappa shape index (κ1) is 12.1. The van der Waals surface area contributed by atoms with Crippen LogP contribution < -0.4 is 0 Å². The zero-order valence-electron chi connectivity index (χ0n) is 6.60. The van der Waals surface area contributed by atoms with Crippen LogP contribution >= 0.6 is 12.6 Å². The van der Waals surface area contributed by atoms with Crippen LogP contribution in [-0.4, -0.2) is 21.5 Å². The van der Waals surface area contributed by atoms with E-state index in [1.807, 2.05) is 0 Å². The first-order chi connectivity index (χ1) is 4.72. The van der Waals surface area contributed by atoms with Gasteiger partial charge in [-0.05, 0) is 26.0 Å². The van der Waals surface area contributed by atoms with Gasteiger partial charge in [0.25, 0.3) is 0 Å². The van der Waals surface area contributed by atoms with Crippen LogP contribution in [0, 0.1) is 0 Å². The van der Waals surface area contributed by atoms with E-state index in [2.05, 4.69) is 36.8 Å². The van der Waals surface area contributed by atoms with Crippen LogP contribution in [0.1, 0.15) is 26.2 Å². The van der Waals surface area contributed by atoms with Crippen LogP contribution in [0.5, 0.6) is 0 Å². The van der Waals surface area contributed by atoms with Crippen LogP contribution in [-0.2, 0) is 35.0 Å². The van der Waals surface area contributed by atoms with Crippen molar-refractivity contribution < 1.29 is 27.0 Å². The van der Waals surface area contributed by atoms with Crippen molar-refractivity contribution in [2.24, 2.45) is 0 Å². The quantitative estimate of drug-likeness (QED) is 0.221. The first-order valence-corrected chi connectivity index (χ1v) is 4.70. The number of nitrogens with zero attached hydrogens (tertiary/aromatic N) is 1. The summed E-state index contributed by atoms with van der Waals surface area (Å²) < 4.78 is 3.27. The minimum absolute atomic E-state index is 0. The van der Waals surface area contributed by atoms with Gasteiger partial charge in [-0.15, -0.1) is 0 Å². The molecule has 1 aliphatic heterocycles. The summed E-state index contributed by atoms with van der Waals surface area (Å²) in [6.07, 6.45) is 3.97. The van der Waals surface area contributed by atoms with E-state index in [9.17, 15) is 0 Å². The van der Waals surface area contributed by atoms with E-state index in [0.717, 1.165) is 10.9 Å². The molecule has 1 heterocycles. The minimum Gasteiger partial charge on any atom is -0.181 e. The van der Waals surface area contributed by atoms with E-state index in [0.29, 0.717) is 6.04 Å². The largest absolute Gasteiger partial charge is 1.00 e. The molecular formula is C7H15AgNS2+3. The molecule has 0 bridgehead atoms. The maximum absolute atomic E-state index is 4.26. The zero-order chi connectivity index (χ0) is 7.56. The molecule has 0 N–H and O–H groups in total. The minimum atomic E-state index is 0. The Kier molecular flexibility index (Phi) is 6.28. The van der Waals surface area contributed by atoms with Gasteiger partial charge in [-0.25, -0.2) is 0 Å². The SMILES string of the molecule is CC1CCCC[N+]1=C(S)[SH2+].[Ag+]. The van der Waals surface area contributed by atoms with Crippen molar-refractivity contribution in [3.63, 3.8) is 0 Å². The number of rotatable bonds is 0. The molecule has 0 aromatic heterocycles. The molecule has 0 radical (unpaired) electrons. The summed E-state index contributed by atoms with van der Waals surface area (Å²) in [6.45, 7) is 3.40. The van der Waals surface area contributed by atoms with Gasteiger partial charge >= 0.3 is 26.8 Å². The second-order valence-corrected chi connectivity index (χ2v) is 4.18. The topological polar surface area (TPSA) is 3.01 Å². The Labute approximate surface area is 95.0 Å². The normalized spacial score (nSPS) is 29.2. The molecule has 0 saturated carbocycles. The third-order valence-electron chi connectivity index (χ3n) is 2.08. The number of hydrogen-bond acceptors (Lipinski definition) is 0. The van der Waals surface area contributed by atoms with E-state index in [1.165, 1.54) is 19.3 Å². The van der Waals surface area contributed by atoms with Gasteiger partial charge < -0.3 is 0 Å². The number of piperidine rings is 1. The van der Waals surface area contributed by atoms with Crippen LogP contribution in [0.4, 0.5) is 0 Å². The average molecular weight is 285 g/mol. The van der Waals surface area contributed by atoms with Gasteiger partial charge in [0.1, 0.15) is 6.54 Å². The molecule has 1 nitrogen and oxygen atoms in total. The molecule has 0 aromatic carbocycles. The third-order valence-corrected chi connectivity index (χ3v) is 2.62. The summed E-state index contributed by atoms with van der Waals surface area (Å²) in [7, 11) is 0. The molecule has 1 rings (SSSR count). The molecule has 1 aliphatic rings. The van der Waals surface area contributed by atoms with E-state index in [-0.39, 0.29) is 22.4 Å². The van der Waals surface area contributed by atoms with Crippen LogP contribution in [0.25, 0.3) is 0 Å². The molecule has 1 saturated heterocycles. The van der Waals surface area contributed by atoms with Crippen LogP contribution in [0.15, 0.2) is 0 Å². The van der Waals surface area contributed by atoms with Crippen LogP contribution in [0.3, 0.4) is 0 Å². The fourth-order valence-electron chi connectivity index (χ4n) is 1.41. The molecule has 68 valence electrons. The molecular weight excluding hydrogens is 270 g/mol. The molecule has 11 heavy (non-hydrogen) atoms. The monoisotopic (exact) mass is 284 g/mol. The smallest absolute Gasteiger partial charge is 0.181 e. The third kappa shape index (κ3) is 3.55. The molecule has 1 fully saturated rings. The molecule has 4 heteroatoms. The maximum Gasteiger partial charge on any atom is 1.00 e. The van der Waals surface area contributed by atoms with Gasteiger partial charge in [0.05, 0.1) is 12.6 Å². The molecule has 1 atom stereocenters. The Bertz CT molecular complexity index is 155. The van der Waals surface area contributed by atoms with E-state index < -0.39 is 0 Å². The Morgan fingerprint density at radius 1 is 1.55 bits per heavy atom. The van der Waals surface area contributed by atoms with Gasteiger partial charge in [0.15, 0.2) is 6.04 Å². The first-order valence-electron chi connectivity index (χ1n) is 3.76. The summed E-state index contributed by atoms with van der Waals surface area (Å²) in [4.78, 5) is 0. The van der Waals surface area contributed by atoms with Gasteiger partial charge in [-0.3, -0.25) is 0 Å². The van der Waals surface area contributed by atoms with E-state index in [1.54, 1.807) is 0 Å². The zero-order valence-corrected chi connectivity index (χ0v) is 9.98. The Hall–Kier alpha value is 1.11. The Morgan fingerprint density at radius 2 is 2.18 bits per heavy atom. The number of thiol groups is 1. The summed E-state index contributed by atoms with van der Waals surface area (Å²) in [5, 5.41) is 0. The van der Waals surface area contributed by atoms with Gasteiger partial charge in [-0.2, -0.15) is 4.58 Å². The van der Waals surface area contributed by atoms with Crippen LogP contribution in [0.2, 0.25) is 0 Å². The summed E-state index contributed by atoms with van der Waals surface area (Å²) >= 11 is 7.69. The second-order valence-electron chi connectivity index (χ2n) is 2.86. The number of hydrogen-bond donors (Lipinski definition) is 1. The van der Waals surface area contributed by atoms with E-state index in [4.69, 9.17) is 0 Å². The van der Waals surface area contributed by atoms with Crippen molar-refractivity contribution in [1.29, 1.82) is 0 Å². The van der Waals surface area contributed by atoms with Crippen molar-refractivity contribution in [3.05, 3.63) is 0 Å². The summed E-state index contributed by atoms with van der Waals surface area (Å²) in [5.41, 5.74) is 0. The predicted octanol–water partition coefficient (Wildman–Crippen LogP) is 0.866. The molecule has 1 unspecified atom stereocenters. The fourth-order valence-corrected chi connectivity index (χ4v) is 2.04. The van der Waals surface area contributed by atoms with Crippen molar-refractivity contribution >= 4 is 29.6 Å². The van der Waals surface area contributed by atoms with Crippen molar-refractivity contribution in [2.45, 2.75) is 32.2 Å². The Morgan fingerprint density at radius 3 is 2.55 bits per heavy atom. The fraction of sp³-hybridized carbons (Fsp3) is 0.857. The van der Waals surface area contributed by atoms with Gasteiger partial charge in [0, 0.05) is 12.8 Å². The molecule has 0 aromatic rings. The van der Waals surface area contributed by atoms with Gasteiger partial charge in [0.2, 0.25) is 0 Å². The van der Waals surface area contributed by atoms with Gasteiger partial charge in [-0.1, -0.05) is 0 Å². The summed E-state index contributed by atoms with van der Waals surface area (Å²) in [5.74, 6) is 0. The van der Waals surface area contributed by atoms with E-state index >= 15 is 0 Å². The van der Waals surface area contributed by atoms with Crippen molar-refractivity contribution in [2.75, 3.05) is 6.54 Å². The molecule has 0 aliphatic carbocycles. The molecule has 0 amide bonds. The van der Waals surface area contributed by atoms with Crippen molar-refractivity contribution in [1.82, 2.24) is 0 Å². The predicted molar refractivity (Wildman–Crippen MR) is 52.6 cm³/mol. The Balaban J connectivity index is 0.000001000. The average Bonchev–Trinajstić information content (AvgIpc) is 1.88. The maximum atomic E-state index is 4.26. The molecule has 0 spiro atoms.